The van der Waals surface area contributed by atoms with Gasteiger partial charge in [0.25, 0.3) is 0 Å². The average molecular weight is 298 g/mol. The van der Waals surface area contributed by atoms with Gasteiger partial charge in [0, 0.05) is 17.6 Å². The molecule has 0 radical (unpaired) electrons. The number of benzene rings is 1. The molecule has 2 nitrogen and oxygen atoms in total. The highest BCUT2D eigenvalue weighted by molar-refractivity contribution is 9.10. The molecule has 94 valence electrons. The second-order valence-electron chi connectivity index (χ2n) is 5.30. The van der Waals surface area contributed by atoms with Crippen molar-refractivity contribution in [2.24, 2.45) is 0 Å². The normalized spacial score (nSPS) is 22.9. The fourth-order valence-electron chi connectivity index (χ4n) is 2.25. The molecule has 2 rings (SSSR count). The average Bonchev–Trinajstić information content (AvgIpc) is 2.58. The van der Waals surface area contributed by atoms with Crippen LogP contribution in [0.5, 0.6) is 0 Å². The summed E-state index contributed by atoms with van der Waals surface area (Å²) in [5.74, 6) is 0. The molecule has 1 N–H and O–H groups in total. The lowest BCUT2D eigenvalue weighted by Gasteiger charge is -2.19. The molecule has 1 heterocycles. The summed E-state index contributed by atoms with van der Waals surface area (Å²) < 4.78 is 7.07. The molecule has 0 aromatic heterocycles. The Balaban J connectivity index is 1.73. The van der Waals surface area contributed by atoms with Crippen molar-refractivity contribution in [3.05, 3.63) is 34.3 Å². The van der Waals surface area contributed by atoms with E-state index in [1.54, 1.807) is 0 Å². The molecule has 0 spiro atoms. The Morgan fingerprint density at radius 1 is 1.47 bits per heavy atom. The van der Waals surface area contributed by atoms with E-state index in [-0.39, 0.29) is 5.60 Å². The van der Waals surface area contributed by atoms with Gasteiger partial charge in [0.1, 0.15) is 0 Å². The second kappa shape index (κ2) is 5.51. The van der Waals surface area contributed by atoms with E-state index >= 15 is 0 Å². The standard InChI is InChI=1S/C14H20BrNO/c1-14(2)7-6-13(17-14)10-16-9-11-4-3-5-12(15)8-11/h3-5,8,13,16H,6-7,9-10H2,1-2H3. The van der Waals surface area contributed by atoms with Crippen molar-refractivity contribution in [3.63, 3.8) is 0 Å². The molecule has 0 amide bonds. The zero-order valence-corrected chi connectivity index (χ0v) is 12.1. The maximum absolute atomic E-state index is 5.94. The summed E-state index contributed by atoms with van der Waals surface area (Å²) in [6, 6.07) is 8.39. The van der Waals surface area contributed by atoms with Crippen LogP contribution in [0.15, 0.2) is 28.7 Å². The summed E-state index contributed by atoms with van der Waals surface area (Å²) in [7, 11) is 0. The zero-order chi connectivity index (χ0) is 12.3. The Morgan fingerprint density at radius 3 is 2.94 bits per heavy atom. The highest BCUT2D eigenvalue weighted by atomic mass is 79.9. The molecule has 1 saturated heterocycles. The van der Waals surface area contributed by atoms with Gasteiger partial charge in [0.15, 0.2) is 0 Å². The Bertz CT molecular complexity index is 378. The van der Waals surface area contributed by atoms with Crippen LogP contribution in [0.1, 0.15) is 32.3 Å². The van der Waals surface area contributed by atoms with E-state index in [2.05, 4.69) is 53.3 Å². The minimum Gasteiger partial charge on any atom is -0.371 e. The second-order valence-corrected chi connectivity index (χ2v) is 6.21. The quantitative estimate of drug-likeness (QED) is 0.918. The van der Waals surface area contributed by atoms with Gasteiger partial charge < -0.3 is 10.1 Å². The van der Waals surface area contributed by atoms with E-state index in [0.29, 0.717) is 6.10 Å². The predicted octanol–water partition coefficient (Wildman–Crippen LogP) is 3.50. The summed E-state index contributed by atoms with van der Waals surface area (Å²) >= 11 is 3.48. The van der Waals surface area contributed by atoms with Gasteiger partial charge in [-0.2, -0.15) is 0 Å². The van der Waals surface area contributed by atoms with Gasteiger partial charge in [0.05, 0.1) is 11.7 Å². The third-order valence-electron chi connectivity index (χ3n) is 3.14. The van der Waals surface area contributed by atoms with Gasteiger partial charge in [-0.3, -0.25) is 0 Å². The summed E-state index contributed by atoms with van der Waals surface area (Å²) in [5.41, 5.74) is 1.37. The number of nitrogens with one attached hydrogen (secondary N) is 1. The van der Waals surface area contributed by atoms with E-state index in [4.69, 9.17) is 4.74 Å². The molecule has 1 fully saturated rings. The first-order chi connectivity index (χ1) is 8.05. The van der Waals surface area contributed by atoms with Crippen molar-refractivity contribution in [2.75, 3.05) is 6.54 Å². The highest BCUT2D eigenvalue weighted by Gasteiger charge is 2.30. The van der Waals surface area contributed by atoms with Gasteiger partial charge in [-0.1, -0.05) is 28.1 Å². The zero-order valence-electron chi connectivity index (χ0n) is 10.5. The Kier molecular flexibility index (Phi) is 4.23. The van der Waals surface area contributed by atoms with Crippen LogP contribution in [0, 0.1) is 0 Å². The Labute approximate surface area is 112 Å². The fourth-order valence-corrected chi connectivity index (χ4v) is 2.69. The Morgan fingerprint density at radius 2 is 2.29 bits per heavy atom. The molecular formula is C14H20BrNO. The fraction of sp³-hybridized carbons (Fsp3) is 0.571. The van der Waals surface area contributed by atoms with Crippen molar-refractivity contribution in [1.29, 1.82) is 0 Å². The lowest BCUT2D eigenvalue weighted by molar-refractivity contribution is -0.0142. The SMILES string of the molecule is CC1(C)CCC(CNCc2cccc(Br)c2)O1. The van der Waals surface area contributed by atoms with Crippen LogP contribution in [0.2, 0.25) is 0 Å². The van der Waals surface area contributed by atoms with E-state index < -0.39 is 0 Å². The van der Waals surface area contributed by atoms with Gasteiger partial charge in [-0.15, -0.1) is 0 Å². The van der Waals surface area contributed by atoms with Gasteiger partial charge in [0.2, 0.25) is 0 Å². The molecular weight excluding hydrogens is 278 g/mol. The summed E-state index contributed by atoms with van der Waals surface area (Å²) in [6.45, 7) is 6.18. The maximum Gasteiger partial charge on any atom is 0.0707 e. The molecule has 1 aliphatic heterocycles. The molecule has 0 aliphatic carbocycles. The minimum atomic E-state index is 0.0715. The first-order valence-corrected chi connectivity index (χ1v) is 6.97. The largest absolute Gasteiger partial charge is 0.371 e. The summed E-state index contributed by atoms with van der Waals surface area (Å²) in [4.78, 5) is 0. The van der Waals surface area contributed by atoms with Crippen LogP contribution >= 0.6 is 15.9 Å². The van der Waals surface area contributed by atoms with Crippen LogP contribution in [-0.4, -0.2) is 18.2 Å². The molecule has 1 unspecified atom stereocenters. The van der Waals surface area contributed by atoms with Crippen molar-refractivity contribution in [1.82, 2.24) is 5.32 Å². The lowest BCUT2D eigenvalue weighted by Crippen LogP contribution is -2.29. The third-order valence-corrected chi connectivity index (χ3v) is 3.64. The van der Waals surface area contributed by atoms with Crippen LogP contribution < -0.4 is 5.32 Å². The highest BCUT2D eigenvalue weighted by Crippen LogP contribution is 2.28. The number of halogens is 1. The monoisotopic (exact) mass is 297 g/mol. The van der Waals surface area contributed by atoms with Gasteiger partial charge >= 0.3 is 0 Å². The van der Waals surface area contributed by atoms with Crippen molar-refractivity contribution >= 4 is 15.9 Å². The first-order valence-electron chi connectivity index (χ1n) is 6.18. The lowest BCUT2D eigenvalue weighted by atomic mass is 10.1. The molecule has 0 saturated carbocycles. The smallest absolute Gasteiger partial charge is 0.0707 e. The van der Waals surface area contributed by atoms with Gasteiger partial charge in [-0.05, 0) is 44.4 Å². The number of hydrogen-bond donors (Lipinski definition) is 1. The predicted molar refractivity (Wildman–Crippen MR) is 74.0 cm³/mol. The topological polar surface area (TPSA) is 21.3 Å². The first kappa shape index (κ1) is 13.1. The number of rotatable bonds is 4. The van der Waals surface area contributed by atoms with Crippen LogP contribution in [0.25, 0.3) is 0 Å². The summed E-state index contributed by atoms with van der Waals surface area (Å²) in [6.07, 6.45) is 2.70. The molecule has 1 aromatic rings. The van der Waals surface area contributed by atoms with Crippen molar-refractivity contribution in [3.8, 4) is 0 Å². The van der Waals surface area contributed by atoms with Crippen molar-refractivity contribution in [2.45, 2.75) is 44.9 Å². The molecule has 1 aromatic carbocycles. The van der Waals surface area contributed by atoms with Crippen LogP contribution in [0.3, 0.4) is 0 Å². The third kappa shape index (κ3) is 4.09. The van der Waals surface area contributed by atoms with E-state index in [0.717, 1.165) is 24.0 Å². The van der Waals surface area contributed by atoms with E-state index in [1.807, 2.05) is 6.07 Å². The van der Waals surface area contributed by atoms with E-state index in [1.165, 1.54) is 12.0 Å². The minimum absolute atomic E-state index is 0.0715. The maximum atomic E-state index is 5.94. The molecule has 1 atom stereocenters. The summed E-state index contributed by atoms with van der Waals surface area (Å²) in [5, 5.41) is 3.46. The number of hydrogen-bond acceptors (Lipinski definition) is 2. The van der Waals surface area contributed by atoms with Gasteiger partial charge in [-0.25, -0.2) is 0 Å². The number of ether oxygens (including phenoxy) is 1. The van der Waals surface area contributed by atoms with Crippen LogP contribution in [0.4, 0.5) is 0 Å². The Hall–Kier alpha value is -0.380. The molecule has 17 heavy (non-hydrogen) atoms. The van der Waals surface area contributed by atoms with Crippen LogP contribution in [-0.2, 0) is 11.3 Å². The molecule has 3 heteroatoms. The van der Waals surface area contributed by atoms with E-state index in [9.17, 15) is 0 Å². The van der Waals surface area contributed by atoms with Crippen molar-refractivity contribution < 1.29 is 4.74 Å². The molecule has 0 bridgehead atoms. The molecule has 1 aliphatic rings.